The minimum Gasteiger partial charge on any atom is -0.370 e. The van der Waals surface area contributed by atoms with Gasteiger partial charge in [0.05, 0.1) is 11.4 Å². The topological polar surface area (TPSA) is 59.2 Å². The normalized spacial score (nSPS) is 19.0. The maximum atomic E-state index is 11.3. The first-order valence-electron chi connectivity index (χ1n) is 6.23. The minimum atomic E-state index is -0.205. The van der Waals surface area contributed by atoms with Crippen molar-refractivity contribution in [3.63, 3.8) is 0 Å². The molecule has 0 spiro atoms. The molecule has 1 saturated heterocycles. The van der Waals surface area contributed by atoms with E-state index in [-0.39, 0.29) is 11.8 Å². The average molecular weight is 320 g/mol. The summed E-state index contributed by atoms with van der Waals surface area (Å²) in [7, 11) is 0. The van der Waals surface area contributed by atoms with E-state index in [2.05, 4.69) is 31.9 Å². The molecule has 98 valence electrons. The Morgan fingerprint density at radius 3 is 3.00 bits per heavy atom. The van der Waals surface area contributed by atoms with E-state index in [0.717, 1.165) is 34.0 Å². The molecule has 2 heterocycles. The lowest BCUT2D eigenvalue weighted by Gasteiger charge is -2.20. The van der Waals surface area contributed by atoms with Gasteiger partial charge in [-0.2, -0.15) is 0 Å². The molecule has 19 heavy (non-hydrogen) atoms. The quantitative estimate of drug-likeness (QED) is 0.924. The SMILES string of the molecule is NC(=O)[C@@H]1CCN(c2ccnc3cc(Br)ccc23)C1. The molecule has 0 aliphatic carbocycles. The predicted octanol–water partition coefficient (Wildman–Crippen LogP) is 2.31. The van der Waals surface area contributed by atoms with Gasteiger partial charge in [0.15, 0.2) is 0 Å². The Morgan fingerprint density at radius 1 is 1.42 bits per heavy atom. The van der Waals surface area contributed by atoms with E-state index in [4.69, 9.17) is 5.73 Å². The number of carbonyl (C=O) groups is 1. The number of nitrogens with two attached hydrogens (primary N) is 1. The molecule has 2 aromatic rings. The highest BCUT2D eigenvalue weighted by Crippen LogP contribution is 2.31. The second kappa shape index (κ2) is 4.81. The van der Waals surface area contributed by atoms with Gasteiger partial charge in [-0.1, -0.05) is 15.9 Å². The van der Waals surface area contributed by atoms with Gasteiger partial charge in [0, 0.05) is 34.8 Å². The molecule has 4 nitrogen and oxygen atoms in total. The van der Waals surface area contributed by atoms with E-state index in [0.29, 0.717) is 6.54 Å². The van der Waals surface area contributed by atoms with Crippen LogP contribution in [0.3, 0.4) is 0 Å². The smallest absolute Gasteiger partial charge is 0.222 e. The highest BCUT2D eigenvalue weighted by atomic mass is 79.9. The van der Waals surface area contributed by atoms with Crippen LogP contribution in [-0.2, 0) is 4.79 Å². The molecule has 0 unspecified atom stereocenters. The van der Waals surface area contributed by atoms with Gasteiger partial charge < -0.3 is 10.6 Å². The van der Waals surface area contributed by atoms with E-state index in [9.17, 15) is 4.79 Å². The third-order valence-electron chi connectivity index (χ3n) is 3.61. The number of anilines is 1. The molecule has 0 bridgehead atoms. The molecule has 0 saturated carbocycles. The standard InChI is InChI=1S/C14H14BrN3O/c15-10-1-2-11-12(7-10)17-5-3-13(11)18-6-4-9(8-18)14(16)19/h1-3,5,7,9H,4,6,8H2,(H2,16,19)/t9-/m1/s1. The number of pyridine rings is 1. The van der Waals surface area contributed by atoms with Crippen molar-refractivity contribution in [2.45, 2.75) is 6.42 Å². The zero-order valence-corrected chi connectivity index (χ0v) is 11.9. The second-order valence-corrected chi connectivity index (χ2v) is 5.74. The number of nitrogens with zero attached hydrogens (tertiary/aromatic N) is 2. The summed E-state index contributed by atoms with van der Waals surface area (Å²) in [5.74, 6) is -0.248. The van der Waals surface area contributed by atoms with Crippen LogP contribution >= 0.6 is 15.9 Å². The Bertz CT molecular complexity index is 644. The van der Waals surface area contributed by atoms with Crippen LogP contribution in [0.4, 0.5) is 5.69 Å². The lowest BCUT2D eigenvalue weighted by Crippen LogP contribution is -2.27. The molecule has 1 amide bonds. The van der Waals surface area contributed by atoms with Crippen LogP contribution < -0.4 is 10.6 Å². The van der Waals surface area contributed by atoms with Crippen molar-refractivity contribution >= 4 is 38.4 Å². The summed E-state index contributed by atoms with van der Waals surface area (Å²) < 4.78 is 1.01. The third kappa shape index (κ3) is 2.30. The molecular weight excluding hydrogens is 306 g/mol. The van der Waals surface area contributed by atoms with Gasteiger partial charge in [-0.3, -0.25) is 9.78 Å². The molecule has 1 aliphatic rings. The van der Waals surface area contributed by atoms with E-state index >= 15 is 0 Å². The summed E-state index contributed by atoms with van der Waals surface area (Å²) in [6.45, 7) is 1.56. The fourth-order valence-corrected chi connectivity index (χ4v) is 2.94. The third-order valence-corrected chi connectivity index (χ3v) is 4.11. The minimum absolute atomic E-state index is 0.0429. The largest absolute Gasteiger partial charge is 0.370 e. The molecule has 5 heteroatoms. The van der Waals surface area contributed by atoms with Gasteiger partial charge >= 0.3 is 0 Å². The number of rotatable bonds is 2. The molecule has 1 atom stereocenters. The van der Waals surface area contributed by atoms with Crippen molar-refractivity contribution < 1.29 is 4.79 Å². The summed E-state index contributed by atoms with van der Waals surface area (Å²) >= 11 is 3.45. The molecule has 1 aromatic heterocycles. The average Bonchev–Trinajstić information content (AvgIpc) is 2.87. The summed E-state index contributed by atoms with van der Waals surface area (Å²) in [4.78, 5) is 17.9. The van der Waals surface area contributed by atoms with Crippen molar-refractivity contribution in [3.8, 4) is 0 Å². The van der Waals surface area contributed by atoms with Gasteiger partial charge in [0.25, 0.3) is 0 Å². The number of aromatic nitrogens is 1. The van der Waals surface area contributed by atoms with Crippen LogP contribution in [0, 0.1) is 5.92 Å². The van der Waals surface area contributed by atoms with E-state index in [1.807, 2.05) is 24.4 Å². The van der Waals surface area contributed by atoms with Crippen LogP contribution in [0.15, 0.2) is 34.9 Å². The lowest BCUT2D eigenvalue weighted by atomic mass is 10.1. The monoisotopic (exact) mass is 319 g/mol. The lowest BCUT2D eigenvalue weighted by molar-refractivity contribution is -0.121. The van der Waals surface area contributed by atoms with Crippen molar-refractivity contribution in [3.05, 3.63) is 34.9 Å². The number of primary amides is 1. The highest BCUT2D eigenvalue weighted by molar-refractivity contribution is 9.10. The number of benzene rings is 1. The van der Waals surface area contributed by atoms with Crippen LogP contribution in [0.25, 0.3) is 10.9 Å². The van der Waals surface area contributed by atoms with Crippen LogP contribution in [-0.4, -0.2) is 24.0 Å². The van der Waals surface area contributed by atoms with Gasteiger partial charge in [-0.25, -0.2) is 0 Å². The van der Waals surface area contributed by atoms with Gasteiger partial charge in [-0.05, 0) is 30.7 Å². The van der Waals surface area contributed by atoms with Gasteiger partial charge in [-0.15, -0.1) is 0 Å². The fraction of sp³-hybridized carbons (Fsp3) is 0.286. The molecule has 2 N–H and O–H groups in total. The predicted molar refractivity (Wildman–Crippen MR) is 79.0 cm³/mol. The first-order chi connectivity index (χ1) is 9.15. The summed E-state index contributed by atoms with van der Waals surface area (Å²) in [5, 5.41) is 1.11. The second-order valence-electron chi connectivity index (χ2n) is 4.83. The van der Waals surface area contributed by atoms with Crippen LogP contribution in [0.2, 0.25) is 0 Å². The number of carbonyl (C=O) groups excluding carboxylic acids is 1. The molecule has 0 radical (unpaired) electrons. The number of hydrogen-bond donors (Lipinski definition) is 1. The van der Waals surface area contributed by atoms with Crippen molar-refractivity contribution in [2.24, 2.45) is 11.7 Å². The van der Waals surface area contributed by atoms with Gasteiger partial charge in [0.2, 0.25) is 5.91 Å². The van der Waals surface area contributed by atoms with Crippen LogP contribution in [0.1, 0.15) is 6.42 Å². The zero-order chi connectivity index (χ0) is 13.4. The Labute approximate surface area is 119 Å². The molecule has 1 aliphatic heterocycles. The fourth-order valence-electron chi connectivity index (χ4n) is 2.59. The first-order valence-corrected chi connectivity index (χ1v) is 7.03. The number of hydrogen-bond acceptors (Lipinski definition) is 3. The summed E-state index contributed by atoms with van der Waals surface area (Å²) in [6, 6.07) is 8.06. The van der Waals surface area contributed by atoms with Crippen molar-refractivity contribution in [1.82, 2.24) is 4.98 Å². The highest BCUT2D eigenvalue weighted by Gasteiger charge is 2.27. The van der Waals surface area contributed by atoms with Gasteiger partial charge in [0.1, 0.15) is 0 Å². The maximum absolute atomic E-state index is 11.3. The Hall–Kier alpha value is -1.62. The number of fused-ring (bicyclic) bond motifs is 1. The van der Waals surface area contributed by atoms with Crippen LogP contribution in [0.5, 0.6) is 0 Å². The number of amides is 1. The number of halogens is 1. The summed E-state index contributed by atoms with van der Waals surface area (Å²) in [5.41, 5.74) is 7.47. The van der Waals surface area contributed by atoms with E-state index in [1.54, 1.807) is 0 Å². The van der Waals surface area contributed by atoms with Crippen molar-refractivity contribution in [1.29, 1.82) is 0 Å². The van der Waals surface area contributed by atoms with Crippen molar-refractivity contribution in [2.75, 3.05) is 18.0 Å². The molecule has 3 rings (SSSR count). The maximum Gasteiger partial charge on any atom is 0.222 e. The Balaban J connectivity index is 2.00. The summed E-state index contributed by atoms with van der Waals surface area (Å²) in [6.07, 6.45) is 2.64. The van der Waals surface area contributed by atoms with E-state index < -0.39 is 0 Å². The molecule has 1 aromatic carbocycles. The first kappa shape index (κ1) is 12.4. The Kier molecular flexibility index (Phi) is 3.14. The zero-order valence-electron chi connectivity index (χ0n) is 10.3. The molecular formula is C14H14BrN3O. The Morgan fingerprint density at radius 2 is 2.26 bits per heavy atom. The van der Waals surface area contributed by atoms with E-state index in [1.165, 1.54) is 0 Å². The molecule has 1 fully saturated rings.